The summed E-state index contributed by atoms with van der Waals surface area (Å²) in [6, 6.07) is 9.32. The third-order valence-corrected chi connectivity index (χ3v) is 4.44. The number of hydrogen-bond acceptors (Lipinski definition) is 3. The van der Waals surface area contributed by atoms with Crippen molar-refractivity contribution in [2.24, 2.45) is 0 Å². The minimum atomic E-state index is -0.735. The van der Waals surface area contributed by atoms with Crippen LogP contribution in [0.2, 0.25) is 5.02 Å². The summed E-state index contributed by atoms with van der Waals surface area (Å²) >= 11 is 5.97. The number of amides is 1. The van der Waals surface area contributed by atoms with Gasteiger partial charge >= 0.3 is 0 Å². The molecule has 2 N–H and O–H groups in total. The van der Waals surface area contributed by atoms with E-state index in [-0.39, 0.29) is 5.91 Å². The molecule has 1 aliphatic rings. The number of carbonyl (C=O) groups excluding carboxylic acids is 1. The van der Waals surface area contributed by atoms with Gasteiger partial charge in [-0.1, -0.05) is 36.6 Å². The predicted octanol–water partition coefficient (Wildman–Crippen LogP) is 3.32. The van der Waals surface area contributed by atoms with Gasteiger partial charge in [-0.15, -0.1) is 0 Å². The summed E-state index contributed by atoms with van der Waals surface area (Å²) in [7, 11) is 0. The molecule has 0 aliphatic heterocycles. The molecule has 0 spiro atoms. The van der Waals surface area contributed by atoms with E-state index in [0.717, 1.165) is 36.6 Å². The Morgan fingerprint density at radius 3 is 2.83 bits per heavy atom. The lowest BCUT2D eigenvalue weighted by Gasteiger charge is -2.21. The number of carbonyl (C=O) groups is 1. The van der Waals surface area contributed by atoms with E-state index in [1.807, 2.05) is 24.3 Å². The van der Waals surface area contributed by atoms with Crippen LogP contribution in [0.1, 0.15) is 31.4 Å². The van der Waals surface area contributed by atoms with Crippen LogP contribution in [-0.4, -0.2) is 28.1 Å². The van der Waals surface area contributed by atoms with E-state index in [4.69, 9.17) is 11.6 Å². The molecule has 1 aromatic heterocycles. The van der Waals surface area contributed by atoms with Gasteiger partial charge < -0.3 is 10.4 Å². The summed E-state index contributed by atoms with van der Waals surface area (Å²) in [5.74, 6) is -0.224. The van der Waals surface area contributed by atoms with Gasteiger partial charge in [-0.2, -0.15) is 0 Å². The summed E-state index contributed by atoms with van der Waals surface area (Å²) in [6.07, 6.45) is 6.65. The van der Waals surface area contributed by atoms with Crippen LogP contribution in [0.5, 0.6) is 0 Å². The molecule has 0 saturated heterocycles. The second kappa shape index (κ2) is 6.69. The molecule has 1 aliphatic carbocycles. The Kier molecular flexibility index (Phi) is 4.64. The van der Waals surface area contributed by atoms with Crippen molar-refractivity contribution >= 4 is 34.5 Å². The lowest BCUT2D eigenvalue weighted by atomic mass is 10.0. The van der Waals surface area contributed by atoms with Crippen LogP contribution in [0.25, 0.3) is 17.0 Å². The molecule has 1 saturated carbocycles. The Morgan fingerprint density at radius 2 is 2.04 bits per heavy atom. The van der Waals surface area contributed by atoms with E-state index in [1.165, 1.54) is 6.08 Å². The van der Waals surface area contributed by atoms with E-state index >= 15 is 0 Å². The van der Waals surface area contributed by atoms with E-state index in [1.54, 1.807) is 12.1 Å². The maximum atomic E-state index is 11.9. The summed E-state index contributed by atoms with van der Waals surface area (Å²) < 4.78 is 0. The molecular formula is C18H19ClN2O2. The normalized spacial score (nSPS) is 17.0. The average molecular weight is 331 g/mol. The first-order chi connectivity index (χ1) is 11.0. The molecule has 120 valence electrons. The van der Waals surface area contributed by atoms with Crippen molar-refractivity contribution in [1.29, 1.82) is 0 Å². The molecule has 1 fully saturated rings. The van der Waals surface area contributed by atoms with E-state index < -0.39 is 5.60 Å². The number of rotatable bonds is 4. The Bertz CT molecular complexity index is 752. The third kappa shape index (κ3) is 4.09. The fraction of sp³-hybridized carbons (Fsp3) is 0.333. The molecule has 1 heterocycles. The third-order valence-electron chi connectivity index (χ3n) is 4.21. The molecule has 3 rings (SSSR count). The number of aromatic nitrogens is 1. The highest BCUT2D eigenvalue weighted by Crippen LogP contribution is 2.28. The van der Waals surface area contributed by atoms with Crippen LogP contribution in [0, 0.1) is 0 Å². The standard InChI is InChI=1S/C18H19ClN2O2/c19-14-5-3-13-4-6-15(21-16(13)11-14)7-8-17(22)20-12-18(23)9-1-2-10-18/h3-8,11,23H,1-2,9-10,12H2,(H,20,22)/b8-7+. The zero-order valence-corrected chi connectivity index (χ0v) is 13.5. The van der Waals surface area contributed by atoms with E-state index in [9.17, 15) is 9.90 Å². The Balaban J connectivity index is 1.63. The maximum Gasteiger partial charge on any atom is 0.244 e. The van der Waals surface area contributed by atoms with Crippen LogP contribution in [0.15, 0.2) is 36.4 Å². The van der Waals surface area contributed by atoms with Gasteiger partial charge in [0.25, 0.3) is 0 Å². The molecule has 23 heavy (non-hydrogen) atoms. The van der Waals surface area contributed by atoms with Crippen LogP contribution < -0.4 is 5.32 Å². The number of aliphatic hydroxyl groups is 1. The van der Waals surface area contributed by atoms with Gasteiger partial charge in [-0.25, -0.2) is 4.98 Å². The van der Waals surface area contributed by atoms with Crippen LogP contribution in [0.3, 0.4) is 0 Å². The van der Waals surface area contributed by atoms with E-state index in [2.05, 4.69) is 10.3 Å². The zero-order chi connectivity index (χ0) is 16.3. The fourth-order valence-electron chi connectivity index (χ4n) is 2.88. The summed E-state index contributed by atoms with van der Waals surface area (Å²) in [5, 5.41) is 14.6. The molecule has 0 bridgehead atoms. The highest BCUT2D eigenvalue weighted by atomic mass is 35.5. The minimum absolute atomic E-state index is 0.224. The van der Waals surface area contributed by atoms with Gasteiger partial charge in [-0.05, 0) is 37.1 Å². The molecule has 0 atom stereocenters. The largest absolute Gasteiger partial charge is 0.388 e. The van der Waals surface area contributed by atoms with Crippen molar-refractivity contribution in [1.82, 2.24) is 10.3 Å². The van der Waals surface area contributed by atoms with Gasteiger partial charge in [0.2, 0.25) is 5.91 Å². The lowest BCUT2D eigenvalue weighted by Crippen LogP contribution is -2.40. The fourth-order valence-corrected chi connectivity index (χ4v) is 3.05. The molecule has 5 heteroatoms. The first-order valence-corrected chi connectivity index (χ1v) is 8.17. The van der Waals surface area contributed by atoms with Crippen LogP contribution in [0.4, 0.5) is 0 Å². The molecule has 4 nitrogen and oxygen atoms in total. The quantitative estimate of drug-likeness (QED) is 0.845. The number of halogens is 1. The maximum absolute atomic E-state index is 11.9. The number of nitrogens with zero attached hydrogens (tertiary/aromatic N) is 1. The van der Waals surface area contributed by atoms with Gasteiger partial charge in [0, 0.05) is 23.0 Å². The van der Waals surface area contributed by atoms with Crippen molar-refractivity contribution in [2.75, 3.05) is 6.54 Å². The number of hydrogen-bond donors (Lipinski definition) is 2. The monoisotopic (exact) mass is 330 g/mol. The first-order valence-electron chi connectivity index (χ1n) is 7.79. The van der Waals surface area contributed by atoms with Crippen molar-refractivity contribution in [3.63, 3.8) is 0 Å². The summed E-state index contributed by atoms with van der Waals surface area (Å²) in [5.41, 5.74) is 0.747. The minimum Gasteiger partial charge on any atom is -0.388 e. The van der Waals surface area contributed by atoms with Crippen LogP contribution >= 0.6 is 11.6 Å². The number of pyridine rings is 1. The van der Waals surface area contributed by atoms with Gasteiger partial charge in [0.15, 0.2) is 0 Å². The van der Waals surface area contributed by atoms with Crippen molar-refractivity contribution in [3.05, 3.63) is 47.1 Å². The van der Waals surface area contributed by atoms with Crippen molar-refractivity contribution < 1.29 is 9.90 Å². The first kappa shape index (κ1) is 16.0. The van der Waals surface area contributed by atoms with Crippen molar-refractivity contribution in [3.8, 4) is 0 Å². The molecule has 0 unspecified atom stereocenters. The zero-order valence-electron chi connectivity index (χ0n) is 12.8. The second-order valence-corrected chi connectivity index (χ2v) is 6.49. The topological polar surface area (TPSA) is 62.2 Å². The number of fused-ring (bicyclic) bond motifs is 1. The highest BCUT2D eigenvalue weighted by Gasteiger charge is 2.30. The SMILES string of the molecule is O=C(/C=C/c1ccc2ccc(Cl)cc2n1)NCC1(O)CCCC1. The average Bonchev–Trinajstić information content (AvgIpc) is 2.97. The molecule has 1 aromatic carbocycles. The summed E-state index contributed by atoms with van der Waals surface area (Å²) in [4.78, 5) is 16.3. The Hall–Kier alpha value is -1.91. The summed E-state index contributed by atoms with van der Waals surface area (Å²) in [6.45, 7) is 0.303. The smallest absolute Gasteiger partial charge is 0.244 e. The van der Waals surface area contributed by atoms with Gasteiger partial charge in [0.05, 0.1) is 16.8 Å². The Morgan fingerprint density at radius 1 is 1.30 bits per heavy atom. The highest BCUT2D eigenvalue weighted by molar-refractivity contribution is 6.31. The molecule has 0 radical (unpaired) electrons. The van der Waals surface area contributed by atoms with E-state index in [0.29, 0.717) is 17.3 Å². The Labute approximate surface area is 140 Å². The second-order valence-electron chi connectivity index (χ2n) is 6.06. The molecule has 1 amide bonds. The molecule has 2 aromatic rings. The van der Waals surface area contributed by atoms with Crippen molar-refractivity contribution in [2.45, 2.75) is 31.3 Å². The van der Waals surface area contributed by atoms with Gasteiger partial charge in [0.1, 0.15) is 0 Å². The van der Waals surface area contributed by atoms with Crippen LogP contribution in [-0.2, 0) is 4.79 Å². The molecular weight excluding hydrogens is 312 g/mol. The number of nitrogens with one attached hydrogen (secondary N) is 1. The van der Waals surface area contributed by atoms with Gasteiger partial charge in [-0.3, -0.25) is 4.79 Å². The number of benzene rings is 1. The predicted molar refractivity (Wildman–Crippen MR) is 92.2 cm³/mol. The lowest BCUT2D eigenvalue weighted by molar-refractivity contribution is -0.117.